The number of hydrogen-bond donors (Lipinski definition) is 1. The third kappa shape index (κ3) is 5.15. The number of carbonyl (C=O) groups is 2. The van der Waals surface area contributed by atoms with Crippen LogP contribution in [0.2, 0.25) is 10.0 Å². The molecular formula is C28H24Cl2N4O2. The van der Waals surface area contributed by atoms with E-state index in [0.29, 0.717) is 40.8 Å². The number of rotatable bonds is 7. The maximum Gasteiger partial charge on any atom is 0.272 e. The summed E-state index contributed by atoms with van der Waals surface area (Å²) in [6.07, 6.45) is 0.634. The maximum absolute atomic E-state index is 13.3. The SMILES string of the molecule is O=C(N[C@@H](Cc1ccccc1)c1ccccc1)c1cc2n(n1)CCN(Cc1c(Cl)cccc1Cl)C2=O. The van der Waals surface area contributed by atoms with Crippen molar-refractivity contribution < 1.29 is 9.59 Å². The highest BCUT2D eigenvalue weighted by molar-refractivity contribution is 6.36. The summed E-state index contributed by atoms with van der Waals surface area (Å²) in [6, 6.07) is 26.4. The van der Waals surface area contributed by atoms with Gasteiger partial charge < -0.3 is 10.2 Å². The van der Waals surface area contributed by atoms with Gasteiger partial charge in [-0.2, -0.15) is 5.10 Å². The van der Waals surface area contributed by atoms with Crippen LogP contribution in [0.5, 0.6) is 0 Å². The molecule has 0 radical (unpaired) electrons. The van der Waals surface area contributed by atoms with Crippen molar-refractivity contribution in [1.29, 1.82) is 0 Å². The molecule has 36 heavy (non-hydrogen) atoms. The van der Waals surface area contributed by atoms with Gasteiger partial charge in [0.05, 0.1) is 12.6 Å². The first-order valence-corrected chi connectivity index (χ1v) is 12.4. The van der Waals surface area contributed by atoms with Gasteiger partial charge >= 0.3 is 0 Å². The molecule has 8 heteroatoms. The van der Waals surface area contributed by atoms with Gasteiger partial charge in [0.15, 0.2) is 5.69 Å². The average molecular weight is 519 g/mol. The van der Waals surface area contributed by atoms with Crippen LogP contribution < -0.4 is 5.32 Å². The molecule has 1 aliphatic heterocycles. The second-order valence-electron chi connectivity index (χ2n) is 8.69. The molecule has 3 aromatic carbocycles. The molecule has 4 aromatic rings. The van der Waals surface area contributed by atoms with Gasteiger partial charge in [-0.15, -0.1) is 0 Å². The van der Waals surface area contributed by atoms with Gasteiger partial charge in [0.25, 0.3) is 11.8 Å². The number of amides is 2. The lowest BCUT2D eigenvalue weighted by Gasteiger charge is -2.28. The minimum atomic E-state index is -0.324. The highest BCUT2D eigenvalue weighted by Crippen LogP contribution is 2.27. The van der Waals surface area contributed by atoms with Crippen LogP contribution in [0.15, 0.2) is 84.9 Å². The van der Waals surface area contributed by atoms with Gasteiger partial charge in [-0.1, -0.05) is 89.9 Å². The number of aromatic nitrogens is 2. The number of nitrogens with zero attached hydrogens (tertiary/aromatic N) is 3. The zero-order chi connectivity index (χ0) is 25.1. The third-order valence-corrected chi connectivity index (χ3v) is 7.01. The molecule has 1 aliphatic rings. The van der Waals surface area contributed by atoms with Crippen molar-refractivity contribution in [2.75, 3.05) is 6.54 Å². The summed E-state index contributed by atoms with van der Waals surface area (Å²) in [7, 11) is 0. The minimum absolute atomic E-state index is 0.213. The van der Waals surface area contributed by atoms with E-state index in [4.69, 9.17) is 23.2 Å². The zero-order valence-electron chi connectivity index (χ0n) is 19.4. The number of benzene rings is 3. The molecule has 0 saturated heterocycles. The molecule has 182 valence electrons. The van der Waals surface area contributed by atoms with Gasteiger partial charge in [-0.05, 0) is 29.7 Å². The Morgan fingerprint density at radius 2 is 1.58 bits per heavy atom. The quantitative estimate of drug-likeness (QED) is 0.348. The van der Waals surface area contributed by atoms with E-state index in [1.807, 2.05) is 60.7 Å². The standard InChI is InChI=1S/C28H24Cl2N4O2/c29-22-12-7-13-23(30)21(22)18-33-14-15-34-26(28(33)36)17-25(32-34)27(35)31-24(20-10-5-2-6-11-20)16-19-8-3-1-4-9-19/h1-13,17,24H,14-16,18H2,(H,31,35)/t24-/m0/s1. The molecule has 6 nitrogen and oxygen atoms in total. The first-order valence-electron chi connectivity index (χ1n) is 11.7. The number of nitrogens with one attached hydrogen (secondary N) is 1. The van der Waals surface area contributed by atoms with E-state index < -0.39 is 0 Å². The molecule has 0 unspecified atom stereocenters. The van der Waals surface area contributed by atoms with Crippen molar-refractivity contribution in [3.8, 4) is 0 Å². The lowest BCUT2D eigenvalue weighted by molar-refractivity contribution is 0.0683. The van der Waals surface area contributed by atoms with Crippen LogP contribution in [0.1, 0.15) is 43.7 Å². The summed E-state index contributed by atoms with van der Waals surface area (Å²) >= 11 is 12.6. The predicted molar refractivity (Wildman–Crippen MR) is 140 cm³/mol. The predicted octanol–water partition coefficient (Wildman–Crippen LogP) is 5.56. The summed E-state index contributed by atoms with van der Waals surface area (Å²) in [5.41, 5.74) is 3.39. The number of carbonyl (C=O) groups excluding carboxylic acids is 2. The van der Waals surface area contributed by atoms with E-state index in [1.165, 1.54) is 0 Å². The minimum Gasteiger partial charge on any atom is -0.344 e. The smallest absolute Gasteiger partial charge is 0.272 e. The lowest BCUT2D eigenvalue weighted by atomic mass is 9.98. The fourth-order valence-corrected chi connectivity index (χ4v) is 4.91. The molecule has 0 aliphatic carbocycles. The summed E-state index contributed by atoms with van der Waals surface area (Å²) in [5, 5.41) is 8.58. The molecule has 5 rings (SSSR count). The fourth-order valence-electron chi connectivity index (χ4n) is 4.39. The van der Waals surface area contributed by atoms with Gasteiger partial charge in [0, 0.05) is 34.8 Å². The topological polar surface area (TPSA) is 67.2 Å². The Labute approximate surface area is 219 Å². The molecule has 1 N–H and O–H groups in total. The second-order valence-corrected chi connectivity index (χ2v) is 9.51. The van der Waals surface area contributed by atoms with E-state index in [2.05, 4.69) is 10.4 Å². The molecule has 0 saturated carbocycles. The van der Waals surface area contributed by atoms with E-state index in [0.717, 1.165) is 11.1 Å². The fraction of sp³-hybridized carbons (Fsp3) is 0.179. The van der Waals surface area contributed by atoms with Crippen molar-refractivity contribution in [2.24, 2.45) is 0 Å². The lowest BCUT2D eigenvalue weighted by Crippen LogP contribution is -2.39. The molecule has 1 aromatic heterocycles. The van der Waals surface area contributed by atoms with Crippen LogP contribution in [-0.2, 0) is 19.5 Å². The van der Waals surface area contributed by atoms with Crippen LogP contribution in [0.4, 0.5) is 0 Å². The van der Waals surface area contributed by atoms with Crippen LogP contribution >= 0.6 is 23.2 Å². The average Bonchev–Trinajstić information content (AvgIpc) is 3.34. The number of halogens is 2. The van der Waals surface area contributed by atoms with Crippen LogP contribution in [0, 0.1) is 0 Å². The van der Waals surface area contributed by atoms with Gasteiger partial charge in [-0.25, -0.2) is 0 Å². The zero-order valence-corrected chi connectivity index (χ0v) is 20.9. The van der Waals surface area contributed by atoms with Crippen molar-refractivity contribution in [2.45, 2.75) is 25.6 Å². The summed E-state index contributed by atoms with van der Waals surface area (Å²) in [4.78, 5) is 28.1. The molecular weight excluding hydrogens is 495 g/mol. The van der Waals surface area contributed by atoms with Crippen molar-refractivity contribution in [1.82, 2.24) is 20.0 Å². The van der Waals surface area contributed by atoms with Gasteiger partial charge in [0.2, 0.25) is 0 Å². The Hall–Kier alpha value is -3.61. The van der Waals surface area contributed by atoms with Crippen LogP contribution in [0.25, 0.3) is 0 Å². The van der Waals surface area contributed by atoms with E-state index in [-0.39, 0.29) is 30.1 Å². The summed E-state index contributed by atoms with van der Waals surface area (Å²) in [5.74, 6) is -0.539. The van der Waals surface area contributed by atoms with Crippen molar-refractivity contribution in [3.05, 3.63) is 123 Å². The second kappa shape index (κ2) is 10.6. The van der Waals surface area contributed by atoms with Gasteiger partial charge in [-0.3, -0.25) is 14.3 Å². The molecule has 0 bridgehead atoms. The highest BCUT2D eigenvalue weighted by atomic mass is 35.5. The number of hydrogen-bond acceptors (Lipinski definition) is 3. The first-order chi connectivity index (χ1) is 17.5. The Balaban J connectivity index is 1.34. The first kappa shape index (κ1) is 24.1. The molecule has 0 fully saturated rings. The van der Waals surface area contributed by atoms with Crippen LogP contribution in [0.3, 0.4) is 0 Å². The molecule has 1 atom stereocenters. The Morgan fingerprint density at radius 1 is 0.917 bits per heavy atom. The van der Waals surface area contributed by atoms with E-state index >= 15 is 0 Å². The molecule has 2 amide bonds. The van der Waals surface area contributed by atoms with Crippen LogP contribution in [-0.4, -0.2) is 33.0 Å². The Morgan fingerprint density at radius 3 is 2.28 bits per heavy atom. The summed E-state index contributed by atoms with van der Waals surface area (Å²) in [6.45, 7) is 1.20. The normalized spacial score (nSPS) is 13.8. The molecule has 2 heterocycles. The monoisotopic (exact) mass is 518 g/mol. The van der Waals surface area contributed by atoms with E-state index in [1.54, 1.807) is 33.8 Å². The largest absolute Gasteiger partial charge is 0.344 e. The van der Waals surface area contributed by atoms with Gasteiger partial charge in [0.1, 0.15) is 5.69 Å². The summed E-state index contributed by atoms with van der Waals surface area (Å²) < 4.78 is 1.59. The Bertz CT molecular complexity index is 1370. The molecule has 0 spiro atoms. The van der Waals surface area contributed by atoms with Crippen molar-refractivity contribution >= 4 is 35.0 Å². The third-order valence-electron chi connectivity index (χ3n) is 6.30. The van der Waals surface area contributed by atoms with Crippen molar-refractivity contribution in [3.63, 3.8) is 0 Å². The Kier molecular flexibility index (Phi) is 7.07. The highest BCUT2D eigenvalue weighted by Gasteiger charge is 2.29. The number of fused-ring (bicyclic) bond motifs is 1. The maximum atomic E-state index is 13.3. The van der Waals surface area contributed by atoms with E-state index in [9.17, 15) is 9.59 Å².